The molecule has 0 radical (unpaired) electrons. The van der Waals surface area contributed by atoms with Crippen molar-refractivity contribution in [3.8, 4) is 0 Å². The molecule has 0 unspecified atom stereocenters. The van der Waals surface area contributed by atoms with E-state index in [9.17, 15) is 14.4 Å². The number of carbonyl (C=O) groups is 3. The molecule has 0 N–H and O–H groups in total. The number of hydrogen-bond donors (Lipinski definition) is 0. The Kier molecular flexibility index (Phi) is 6.40. The minimum absolute atomic E-state index is 0.00613. The molecule has 0 aromatic rings. The van der Waals surface area contributed by atoms with Crippen molar-refractivity contribution in [2.24, 2.45) is 5.92 Å². The van der Waals surface area contributed by atoms with Crippen LogP contribution in [0.5, 0.6) is 0 Å². The summed E-state index contributed by atoms with van der Waals surface area (Å²) in [4.78, 5) is 34.0. The average molecular weight is 262 g/mol. The quantitative estimate of drug-likeness (QED) is 0.523. The predicted molar refractivity (Wildman–Crippen MR) is 74.8 cm³/mol. The monoisotopic (exact) mass is 262 g/mol. The minimum atomic E-state index is -0.0467. The fourth-order valence-electron chi connectivity index (χ4n) is 1.97. The Morgan fingerprint density at radius 2 is 1.95 bits per heavy atom. The van der Waals surface area contributed by atoms with E-state index in [0.29, 0.717) is 17.8 Å². The Balaban J connectivity index is 2.20. The second-order valence-corrected chi connectivity index (χ2v) is 5.29. The number of allylic oxidation sites excluding steroid dienone is 4. The SMILES string of the molecule is CC(C)C(=O)CCCCC/C=C1/CC(=O)C=CC1=O. The van der Waals surface area contributed by atoms with Gasteiger partial charge in [-0.1, -0.05) is 26.3 Å². The Morgan fingerprint density at radius 1 is 1.21 bits per heavy atom. The highest BCUT2D eigenvalue weighted by Crippen LogP contribution is 2.14. The molecule has 0 amide bonds. The van der Waals surface area contributed by atoms with Crippen molar-refractivity contribution in [3.05, 3.63) is 23.8 Å². The van der Waals surface area contributed by atoms with E-state index in [1.54, 1.807) is 0 Å². The summed E-state index contributed by atoms with van der Waals surface area (Å²) in [6, 6.07) is 0. The van der Waals surface area contributed by atoms with E-state index in [-0.39, 0.29) is 23.9 Å². The zero-order valence-electron chi connectivity index (χ0n) is 11.8. The van der Waals surface area contributed by atoms with E-state index in [1.165, 1.54) is 12.2 Å². The van der Waals surface area contributed by atoms with Gasteiger partial charge in [0.25, 0.3) is 0 Å². The van der Waals surface area contributed by atoms with Crippen molar-refractivity contribution in [1.29, 1.82) is 0 Å². The molecule has 0 aromatic heterocycles. The predicted octanol–water partition coefficient (Wildman–Crippen LogP) is 3.19. The van der Waals surface area contributed by atoms with E-state index in [0.717, 1.165) is 25.7 Å². The molecule has 1 aliphatic rings. The lowest BCUT2D eigenvalue weighted by Gasteiger charge is -2.06. The van der Waals surface area contributed by atoms with Gasteiger partial charge in [0.1, 0.15) is 5.78 Å². The lowest BCUT2D eigenvalue weighted by molar-refractivity contribution is -0.122. The van der Waals surface area contributed by atoms with Crippen LogP contribution in [-0.2, 0) is 14.4 Å². The molecular weight excluding hydrogens is 240 g/mol. The van der Waals surface area contributed by atoms with Gasteiger partial charge in [0.2, 0.25) is 0 Å². The fourth-order valence-corrected chi connectivity index (χ4v) is 1.97. The Bertz CT molecular complexity index is 414. The van der Waals surface area contributed by atoms with Gasteiger partial charge in [0, 0.05) is 24.3 Å². The molecule has 0 fully saturated rings. The van der Waals surface area contributed by atoms with E-state index in [2.05, 4.69) is 0 Å². The Morgan fingerprint density at radius 3 is 2.63 bits per heavy atom. The van der Waals surface area contributed by atoms with Crippen LogP contribution in [0.1, 0.15) is 52.4 Å². The molecule has 0 aliphatic heterocycles. The molecule has 0 aromatic carbocycles. The molecule has 0 saturated carbocycles. The normalized spacial score (nSPS) is 17.5. The molecule has 0 heterocycles. The lowest BCUT2D eigenvalue weighted by atomic mass is 9.97. The third kappa shape index (κ3) is 5.77. The van der Waals surface area contributed by atoms with Crippen LogP contribution in [-0.4, -0.2) is 17.3 Å². The molecule has 0 spiro atoms. The zero-order valence-corrected chi connectivity index (χ0v) is 11.8. The second kappa shape index (κ2) is 7.82. The maximum Gasteiger partial charge on any atom is 0.182 e. The standard InChI is InChI=1S/C16H22O3/c1-12(2)15(18)8-6-4-3-5-7-13-11-14(17)9-10-16(13)19/h7,9-10,12H,3-6,8,11H2,1-2H3/b13-7-. The number of ketones is 3. The van der Waals surface area contributed by atoms with Crippen molar-refractivity contribution in [3.63, 3.8) is 0 Å². The molecule has 19 heavy (non-hydrogen) atoms. The summed E-state index contributed by atoms with van der Waals surface area (Å²) in [7, 11) is 0. The highest BCUT2D eigenvalue weighted by molar-refractivity contribution is 6.14. The van der Waals surface area contributed by atoms with Gasteiger partial charge in [-0.2, -0.15) is 0 Å². The van der Waals surface area contributed by atoms with Crippen molar-refractivity contribution < 1.29 is 14.4 Å². The topological polar surface area (TPSA) is 51.2 Å². The number of unbranched alkanes of at least 4 members (excludes halogenated alkanes) is 3. The molecule has 3 heteroatoms. The molecule has 1 rings (SSSR count). The van der Waals surface area contributed by atoms with Gasteiger partial charge in [0.05, 0.1) is 0 Å². The first-order valence-electron chi connectivity index (χ1n) is 6.97. The number of rotatable bonds is 7. The van der Waals surface area contributed by atoms with Gasteiger partial charge < -0.3 is 0 Å². The van der Waals surface area contributed by atoms with Crippen LogP contribution in [0.2, 0.25) is 0 Å². The summed E-state index contributed by atoms with van der Waals surface area (Å²) in [5, 5.41) is 0. The first-order valence-corrected chi connectivity index (χ1v) is 6.97. The molecule has 3 nitrogen and oxygen atoms in total. The third-order valence-electron chi connectivity index (χ3n) is 3.26. The summed E-state index contributed by atoms with van der Waals surface area (Å²) in [5.41, 5.74) is 0.616. The largest absolute Gasteiger partial charge is 0.299 e. The van der Waals surface area contributed by atoms with Crippen LogP contribution in [0.25, 0.3) is 0 Å². The van der Waals surface area contributed by atoms with Gasteiger partial charge in [-0.25, -0.2) is 0 Å². The summed E-state index contributed by atoms with van der Waals surface area (Å²) in [6.07, 6.45) is 9.10. The van der Waals surface area contributed by atoms with E-state index >= 15 is 0 Å². The molecule has 104 valence electrons. The minimum Gasteiger partial charge on any atom is -0.299 e. The van der Waals surface area contributed by atoms with E-state index in [1.807, 2.05) is 19.9 Å². The third-order valence-corrected chi connectivity index (χ3v) is 3.26. The highest BCUT2D eigenvalue weighted by Gasteiger charge is 2.14. The van der Waals surface area contributed by atoms with E-state index in [4.69, 9.17) is 0 Å². The molecule has 0 saturated heterocycles. The Labute approximate surface area is 114 Å². The van der Waals surface area contributed by atoms with Gasteiger partial charge in [-0.3, -0.25) is 14.4 Å². The number of carbonyl (C=O) groups excluding carboxylic acids is 3. The number of hydrogen-bond acceptors (Lipinski definition) is 3. The first kappa shape index (κ1) is 15.5. The van der Waals surface area contributed by atoms with Crippen LogP contribution < -0.4 is 0 Å². The van der Waals surface area contributed by atoms with Crippen LogP contribution in [0.15, 0.2) is 23.8 Å². The zero-order chi connectivity index (χ0) is 14.3. The molecule has 0 bridgehead atoms. The Hall–Kier alpha value is -1.51. The number of Topliss-reactive ketones (excluding diaryl/α,β-unsaturated/α-hetero) is 1. The van der Waals surface area contributed by atoms with Crippen molar-refractivity contribution in [2.75, 3.05) is 0 Å². The average Bonchev–Trinajstić information content (AvgIpc) is 2.37. The van der Waals surface area contributed by atoms with Crippen LogP contribution in [0.4, 0.5) is 0 Å². The van der Waals surface area contributed by atoms with Gasteiger partial charge in [-0.15, -0.1) is 0 Å². The highest BCUT2D eigenvalue weighted by atomic mass is 16.1. The lowest BCUT2D eigenvalue weighted by Crippen LogP contribution is -2.10. The maximum atomic E-state index is 11.5. The van der Waals surface area contributed by atoms with Crippen molar-refractivity contribution >= 4 is 17.3 Å². The van der Waals surface area contributed by atoms with Crippen LogP contribution >= 0.6 is 0 Å². The summed E-state index contributed by atoms with van der Waals surface area (Å²) < 4.78 is 0. The maximum absolute atomic E-state index is 11.5. The van der Waals surface area contributed by atoms with Gasteiger partial charge in [-0.05, 0) is 31.4 Å². The van der Waals surface area contributed by atoms with Crippen LogP contribution in [0, 0.1) is 5.92 Å². The summed E-state index contributed by atoms with van der Waals surface area (Å²) >= 11 is 0. The van der Waals surface area contributed by atoms with Crippen LogP contribution in [0.3, 0.4) is 0 Å². The molecule has 0 atom stereocenters. The van der Waals surface area contributed by atoms with E-state index < -0.39 is 0 Å². The van der Waals surface area contributed by atoms with Gasteiger partial charge in [0.15, 0.2) is 11.6 Å². The van der Waals surface area contributed by atoms with Crippen molar-refractivity contribution in [2.45, 2.75) is 52.4 Å². The summed E-state index contributed by atoms with van der Waals surface area (Å²) in [5.74, 6) is 0.388. The van der Waals surface area contributed by atoms with Gasteiger partial charge >= 0.3 is 0 Å². The molecular formula is C16H22O3. The second-order valence-electron chi connectivity index (χ2n) is 5.29. The summed E-state index contributed by atoms with van der Waals surface area (Å²) in [6.45, 7) is 3.85. The molecule has 1 aliphatic carbocycles. The smallest absolute Gasteiger partial charge is 0.182 e. The van der Waals surface area contributed by atoms with Crippen molar-refractivity contribution in [1.82, 2.24) is 0 Å². The fraction of sp³-hybridized carbons (Fsp3) is 0.562. The first-order chi connectivity index (χ1) is 9.00.